The third kappa shape index (κ3) is 3.82. The summed E-state index contributed by atoms with van der Waals surface area (Å²) in [5.74, 6) is 5.43. The van der Waals surface area contributed by atoms with Crippen LogP contribution in [-0.4, -0.2) is 24.1 Å². The molecule has 1 heterocycles. The number of carbonyl (C=O) groups is 1. The van der Waals surface area contributed by atoms with E-state index >= 15 is 0 Å². The minimum Gasteiger partial charge on any atom is -0.465 e. The number of anilines is 2. The van der Waals surface area contributed by atoms with E-state index in [2.05, 4.69) is 15.7 Å². The van der Waals surface area contributed by atoms with Crippen LogP contribution in [0.15, 0.2) is 18.3 Å². The molecule has 0 aromatic carbocycles. The molecule has 0 fully saturated rings. The van der Waals surface area contributed by atoms with Crippen molar-refractivity contribution in [1.82, 2.24) is 4.98 Å². The van der Waals surface area contributed by atoms with Crippen LogP contribution < -0.4 is 16.6 Å². The summed E-state index contributed by atoms with van der Waals surface area (Å²) in [6.07, 6.45) is 1.59. The maximum atomic E-state index is 11.0. The quantitative estimate of drug-likeness (QED) is 0.369. The van der Waals surface area contributed by atoms with Crippen molar-refractivity contribution >= 4 is 17.5 Å². The zero-order valence-corrected chi connectivity index (χ0v) is 8.49. The van der Waals surface area contributed by atoms with Crippen LogP contribution in [0.5, 0.6) is 0 Å². The lowest BCUT2D eigenvalue weighted by molar-refractivity contribution is -0.140. The fourth-order valence-electron chi connectivity index (χ4n) is 1.01. The maximum absolute atomic E-state index is 11.0. The largest absolute Gasteiger partial charge is 0.465 e. The van der Waals surface area contributed by atoms with Gasteiger partial charge in [-0.05, 0) is 13.0 Å². The van der Waals surface area contributed by atoms with Crippen LogP contribution in [-0.2, 0) is 9.53 Å². The Morgan fingerprint density at radius 3 is 3.13 bits per heavy atom. The van der Waals surface area contributed by atoms with Gasteiger partial charge >= 0.3 is 5.97 Å². The van der Waals surface area contributed by atoms with Crippen molar-refractivity contribution < 1.29 is 9.53 Å². The third-order valence-corrected chi connectivity index (χ3v) is 1.65. The predicted octanol–water partition coefficient (Wildman–Crippen LogP) is 0.342. The summed E-state index contributed by atoms with van der Waals surface area (Å²) < 4.78 is 4.76. The van der Waals surface area contributed by atoms with Gasteiger partial charge in [0.05, 0.1) is 6.61 Å². The summed E-state index contributed by atoms with van der Waals surface area (Å²) in [6, 6.07) is 3.43. The summed E-state index contributed by atoms with van der Waals surface area (Å²) in [7, 11) is 0. The second-order valence-corrected chi connectivity index (χ2v) is 2.73. The molecule has 15 heavy (non-hydrogen) atoms. The number of hydrogen-bond donors (Lipinski definition) is 3. The van der Waals surface area contributed by atoms with Gasteiger partial charge in [-0.25, -0.2) is 10.8 Å². The maximum Gasteiger partial charge on any atom is 0.325 e. The SMILES string of the molecule is CCOC(=O)CNc1ccnc(NN)c1. The monoisotopic (exact) mass is 210 g/mol. The molecule has 0 aliphatic carbocycles. The van der Waals surface area contributed by atoms with E-state index in [1.165, 1.54) is 0 Å². The Kier molecular flexibility index (Phi) is 4.36. The second kappa shape index (κ2) is 5.82. The molecule has 1 aromatic rings. The molecule has 6 heteroatoms. The number of pyridine rings is 1. The summed E-state index contributed by atoms with van der Waals surface area (Å²) in [5.41, 5.74) is 3.17. The van der Waals surface area contributed by atoms with Crippen LogP contribution >= 0.6 is 0 Å². The molecule has 1 aromatic heterocycles. The Morgan fingerprint density at radius 1 is 1.67 bits per heavy atom. The molecule has 0 radical (unpaired) electrons. The van der Waals surface area contributed by atoms with Gasteiger partial charge < -0.3 is 15.5 Å². The van der Waals surface area contributed by atoms with Gasteiger partial charge in [0, 0.05) is 18.0 Å². The molecule has 0 atom stereocenters. The summed E-state index contributed by atoms with van der Waals surface area (Å²) >= 11 is 0. The van der Waals surface area contributed by atoms with E-state index in [0.29, 0.717) is 12.4 Å². The number of carbonyl (C=O) groups excluding carboxylic acids is 1. The van der Waals surface area contributed by atoms with E-state index in [1.54, 1.807) is 25.3 Å². The molecule has 1 rings (SSSR count). The van der Waals surface area contributed by atoms with Crippen molar-refractivity contribution in [2.75, 3.05) is 23.9 Å². The standard InChI is InChI=1S/C9H14N4O2/c1-2-15-9(14)6-12-7-3-4-11-8(5-7)13-10/h3-5H,2,6,10H2,1H3,(H2,11,12,13). The van der Waals surface area contributed by atoms with Gasteiger partial charge in [0.15, 0.2) is 0 Å². The molecule has 0 amide bonds. The number of nitrogen functional groups attached to an aromatic ring is 1. The first kappa shape index (κ1) is 11.3. The van der Waals surface area contributed by atoms with Crippen molar-refractivity contribution in [2.24, 2.45) is 5.84 Å². The number of nitrogens with one attached hydrogen (secondary N) is 2. The Balaban J connectivity index is 2.46. The highest BCUT2D eigenvalue weighted by Gasteiger charge is 2.01. The molecule has 82 valence electrons. The lowest BCUT2D eigenvalue weighted by Gasteiger charge is -2.06. The van der Waals surface area contributed by atoms with Gasteiger partial charge in [0.25, 0.3) is 0 Å². The van der Waals surface area contributed by atoms with E-state index in [4.69, 9.17) is 10.6 Å². The first-order valence-corrected chi connectivity index (χ1v) is 4.58. The van der Waals surface area contributed by atoms with Crippen molar-refractivity contribution in [3.63, 3.8) is 0 Å². The lowest BCUT2D eigenvalue weighted by atomic mass is 10.4. The minimum atomic E-state index is -0.295. The fraction of sp³-hybridized carbons (Fsp3) is 0.333. The molecule has 4 N–H and O–H groups in total. The van der Waals surface area contributed by atoms with Crippen LogP contribution in [0.4, 0.5) is 11.5 Å². The highest BCUT2D eigenvalue weighted by Crippen LogP contribution is 2.10. The molecule has 6 nitrogen and oxygen atoms in total. The van der Waals surface area contributed by atoms with Crippen LogP contribution in [0.2, 0.25) is 0 Å². The Bertz CT molecular complexity index is 330. The van der Waals surface area contributed by atoms with Gasteiger partial charge in [0.1, 0.15) is 12.4 Å². The smallest absolute Gasteiger partial charge is 0.325 e. The number of nitrogens with zero attached hydrogens (tertiary/aromatic N) is 1. The molecule has 0 saturated heterocycles. The van der Waals surface area contributed by atoms with Crippen LogP contribution in [0.3, 0.4) is 0 Å². The highest BCUT2D eigenvalue weighted by molar-refractivity contribution is 5.75. The number of ether oxygens (including phenoxy) is 1. The van der Waals surface area contributed by atoms with Gasteiger partial charge in [-0.1, -0.05) is 0 Å². The van der Waals surface area contributed by atoms with E-state index in [-0.39, 0.29) is 12.5 Å². The number of hydrogen-bond acceptors (Lipinski definition) is 6. The zero-order valence-electron chi connectivity index (χ0n) is 8.49. The molecule has 0 spiro atoms. The average molecular weight is 210 g/mol. The minimum absolute atomic E-state index is 0.127. The molecule has 0 aliphatic rings. The molecular weight excluding hydrogens is 196 g/mol. The van der Waals surface area contributed by atoms with E-state index < -0.39 is 0 Å². The Labute approximate surface area is 87.8 Å². The van der Waals surface area contributed by atoms with Crippen LogP contribution in [0.1, 0.15) is 6.92 Å². The third-order valence-electron chi connectivity index (χ3n) is 1.65. The van der Waals surface area contributed by atoms with Gasteiger partial charge in [-0.2, -0.15) is 0 Å². The molecule has 0 bridgehead atoms. The summed E-state index contributed by atoms with van der Waals surface area (Å²) in [4.78, 5) is 15.0. The molecule has 0 unspecified atom stereocenters. The van der Waals surface area contributed by atoms with E-state index in [0.717, 1.165) is 5.69 Å². The first-order chi connectivity index (χ1) is 7.26. The lowest BCUT2D eigenvalue weighted by Crippen LogP contribution is -2.17. The summed E-state index contributed by atoms with van der Waals surface area (Å²) in [5, 5.41) is 2.89. The normalized spacial score (nSPS) is 9.47. The van der Waals surface area contributed by atoms with Gasteiger partial charge in [-0.3, -0.25) is 4.79 Å². The fourth-order valence-corrected chi connectivity index (χ4v) is 1.01. The van der Waals surface area contributed by atoms with E-state index in [9.17, 15) is 4.79 Å². The number of rotatable bonds is 5. The molecule has 0 aliphatic heterocycles. The number of hydrazine groups is 1. The predicted molar refractivity (Wildman–Crippen MR) is 57.2 cm³/mol. The highest BCUT2D eigenvalue weighted by atomic mass is 16.5. The van der Waals surface area contributed by atoms with Crippen molar-refractivity contribution in [2.45, 2.75) is 6.92 Å². The number of aromatic nitrogens is 1. The molecular formula is C9H14N4O2. The molecule has 0 saturated carbocycles. The van der Waals surface area contributed by atoms with Crippen molar-refractivity contribution in [3.05, 3.63) is 18.3 Å². The van der Waals surface area contributed by atoms with Crippen molar-refractivity contribution in [1.29, 1.82) is 0 Å². The van der Waals surface area contributed by atoms with Crippen molar-refractivity contribution in [3.8, 4) is 0 Å². The number of esters is 1. The second-order valence-electron chi connectivity index (χ2n) is 2.73. The Hall–Kier alpha value is -1.82. The first-order valence-electron chi connectivity index (χ1n) is 4.58. The van der Waals surface area contributed by atoms with Gasteiger partial charge in [-0.15, -0.1) is 0 Å². The van der Waals surface area contributed by atoms with Crippen LogP contribution in [0, 0.1) is 0 Å². The van der Waals surface area contributed by atoms with Gasteiger partial charge in [0.2, 0.25) is 0 Å². The Morgan fingerprint density at radius 2 is 2.47 bits per heavy atom. The summed E-state index contributed by atoms with van der Waals surface area (Å²) in [6.45, 7) is 2.27. The van der Waals surface area contributed by atoms with E-state index in [1.807, 2.05) is 0 Å². The average Bonchev–Trinajstić information content (AvgIpc) is 2.27. The number of nitrogens with two attached hydrogens (primary N) is 1. The van der Waals surface area contributed by atoms with Crippen LogP contribution in [0.25, 0.3) is 0 Å². The topological polar surface area (TPSA) is 89.3 Å². The zero-order chi connectivity index (χ0) is 11.1.